The number of nitrogens with zero attached hydrogens (tertiary/aromatic N) is 2. The average molecular weight is 356 g/mol. The first kappa shape index (κ1) is 15.4. The maximum atomic E-state index is 12.4. The smallest absolute Gasteiger partial charge is 0.257 e. The molecule has 2 N–H and O–H groups in total. The largest absolute Gasteiger partial charge is 0.312 e. The fraction of sp³-hybridized carbons (Fsp3) is 0.235. The predicted octanol–water partition coefficient (Wildman–Crippen LogP) is 3.09. The van der Waals surface area contributed by atoms with Crippen molar-refractivity contribution < 1.29 is 4.79 Å². The van der Waals surface area contributed by atoms with E-state index in [2.05, 4.69) is 32.3 Å². The van der Waals surface area contributed by atoms with Crippen LogP contribution in [-0.4, -0.2) is 22.6 Å². The molecule has 1 aliphatic heterocycles. The van der Waals surface area contributed by atoms with Gasteiger partial charge >= 0.3 is 0 Å². The minimum atomic E-state index is -0.130. The number of fused-ring (bicyclic) bond motifs is 1. The zero-order valence-corrected chi connectivity index (χ0v) is 14.5. The maximum Gasteiger partial charge on any atom is 0.257 e. The van der Waals surface area contributed by atoms with E-state index >= 15 is 0 Å². The van der Waals surface area contributed by atoms with Crippen LogP contribution in [0, 0.1) is 0 Å². The summed E-state index contributed by atoms with van der Waals surface area (Å²) < 4.78 is 0. The molecule has 0 unspecified atom stereocenters. The molecule has 2 aromatic heterocycles. The predicted molar refractivity (Wildman–Crippen MR) is 96.8 cm³/mol. The minimum absolute atomic E-state index is 0.130. The average Bonchev–Trinajstić information content (AvgIpc) is 3.27. The van der Waals surface area contributed by atoms with Gasteiger partial charge in [-0.25, -0.2) is 0 Å². The fourth-order valence-corrected chi connectivity index (χ4v) is 4.17. The molecule has 3 aromatic rings. The first-order valence-corrected chi connectivity index (χ1v) is 9.51. The molecule has 0 saturated heterocycles. The summed E-state index contributed by atoms with van der Waals surface area (Å²) in [6.07, 6.45) is 1.71. The summed E-state index contributed by atoms with van der Waals surface area (Å²) in [6.45, 7) is 1.83. The molecular formula is C17H16N4OS2. The molecular weight excluding hydrogens is 340 g/mol. The molecule has 0 spiro atoms. The van der Waals surface area contributed by atoms with Crippen molar-refractivity contribution in [3.63, 3.8) is 0 Å². The number of amides is 1. The highest BCUT2D eigenvalue weighted by Crippen LogP contribution is 2.21. The van der Waals surface area contributed by atoms with E-state index in [-0.39, 0.29) is 5.91 Å². The molecule has 0 bridgehead atoms. The van der Waals surface area contributed by atoms with E-state index in [4.69, 9.17) is 0 Å². The second-order valence-corrected chi connectivity index (χ2v) is 7.52. The number of nitrogens with one attached hydrogen (secondary N) is 2. The number of thiophene rings is 1. The van der Waals surface area contributed by atoms with Crippen LogP contribution in [0.15, 0.2) is 35.0 Å². The number of anilines is 1. The Morgan fingerprint density at radius 3 is 3.08 bits per heavy atom. The number of aromatic nitrogens is 2. The van der Waals surface area contributed by atoms with E-state index in [1.165, 1.54) is 28.0 Å². The molecule has 0 fully saturated rings. The summed E-state index contributed by atoms with van der Waals surface area (Å²) >= 11 is 3.09. The van der Waals surface area contributed by atoms with Crippen molar-refractivity contribution in [1.29, 1.82) is 0 Å². The molecule has 1 aliphatic rings. The summed E-state index contributed by atoms with van der Waals surface area (Å²) in [6, 6.07) is 7.96. The number of hydrogen-bond acceptors (Lipinski definition) is 6. The second kappa shape index (κ2) is 6.80. The Balaban J connectivity index is 1.45. The normalized spacial score (nSPS) is 13.5. The lowest BCUT2D eigenvalue weighted by molar-refractivity contribution is 0.102. The van der Waals surface area contributed by atoms with Gasteiger partial charge in [0, 0.05) is 18.5 Å². The zero-order valence-electron chi connectivity index (χ0n) is 12.9. The van der Waals surface area contributed by atoms with Crippen LogP contribution in [0.3, 0.4) is 0 Å². The Bertz CT molecular complexity index is 857. The molecule has 4 rings (SSSR count). The number of carbonyl (C=O) groups is 1. The van der Waals surface area contributed by atoms with Crippen molar-refractivity contribution >= 4 is 33.7 Å². The van der Waals surface area contributed by atoms with Gasteiger partial charge in [0.25, 0.3) is 5.91 Å². The summed E-state index contributed by atoms with van der Waals surface area (Å²) in [7, 11) is 0. The van der Waals surface area contributed by atoms with Gasteiger partial charge in [0.2, 0.25) is 5.13 Å². The van der Waals surface area contributed by atoms with Gasteiger partial charge in [-0.2, -0.15) is 11.3 Å². The Morgan fingerprint density at radius 2 is 2.21 bits per heavy atom. The van der Waals surface area contributed by atoms with E-state index in [0.717, 1.165) is 30.9 Å². The third kappa shape index (κ3) is 3.38. The third-order valence-corrected chi connectivity index (χ3v) is 5.55. The summed E-state index contributed by atoms with van der Waals surface area (Å²) in [5, 5.41) is 20.0. The monoisotopic (exact) mass is 356 g/mol. The van der Waals surface area contributed by atoms with Gasteiger partial charge in [0.15, 0.2) is 0 Å². The topological polar surface area (TPSA) is 66.9 Å². The lowest BCUT2D eigenvalue weighted by atomic mass is 9.98. The van der Waals surface area contributed by atoms with Crippen LogP contribution in [0.4, 0.5) is 5.13 Å². The Labute approximate surface area is 147 Å². The van der Waals surface area contributed by atoms with Crippen LogP contribution in [0.5, 0.6) is 0 Å². The number of benzene rings is 1. The highest BCUT2D eigenvalue weighted by atomic mass is 32.1. The zero-order chi connectivity index (χ0) is 16.4. The van der Waals surface area contributed by atoms with E-state index in [0.29, 0.717) is 10.7 Å². The van der Waals surface area contributed by atoms with Crippen molar-refractivity contribution in [2.75, 3.05) is 11.9 Å². The number of carbonyl (C=O) groups excluding carboxylic acids is 1. The van der Waals surface area contributed by atoms with Crippen molar-refractivity contribution in [3.8, 4) is 0 Å². The molecule has 5 nitrogen and oxygen atoms in total. The minimum Gasteiger partial charge on any atom is -0.312 e. The van der Waals surface area contributed by atoms with Gasteiger partial charge in [0.1, 0.15) is 5.01 Å². The number of rotatable bonds is 4. The Hall–Kier alpha value is -2.09. The number of hydrogen-bond donors (Lipinski definition) is 2. The standard InChI is InChI=1S/C17H16N4OS2/c22-16(13-1-2-14-9-18-5-3-12(14)8-13)19-17-21-20-15(24-17)7-11-4-6-23-10-11/h1-2,4,6,8,10,18H,3,5,7,9H2,(H,19,21,22). The molecule has 122 valence electrons. The Morgan fingerprint density at radius 1 is 1.25 bits per heavy atom. The van der Waals surface area contributed by atoms with E-state index in [9.17, 15) is 4.79 Å². The van der Waals surface area contributed by atoms with Gasteiger partial charge < -0.3 is 5.32 Å². The van der Waals surface area contributed by atoms with Crippen LogP contribution in [-0.2, 0) is 19.4 Å². The van der Waals surface area contributed by atoms with Gasteiger partial charge in [0.05, 0.1) is 0 Å². The molecule has 1 amide bonds. The SMILES string of the molecule is O=C(Nc1nnc(Cc2ccsc2)s1)c1ccc2c(c1)CCNC2. The second-order valence-electron chi connectivity index (χ2n) is 5.67. The Kier molecular flexibility index (Phi) is 4.38. The van der Waals surface area contributed by atoms with E-state index in [1.807, 2.05) is 23.6 Å². The lowest BCUT2D eigenvalue weighted by Crippen LogP contribution is -2.24. The van der Waals surface area contributed by atoms with Gasteiger partial charge in [-0.15, -0.1) is 10.2 Å². The molecule has 0 atom stereocenters. The van der Waals surface area contributed by atoms with Crippen molar-refractivity contribution in [3.05, 3.63) is 62.3 Å². The molecule has 0 saturated carbocycles. The van der Waals surface area contributed by atoms with Crippen molar-refractivity contribution in [1.82, 2.24) is 15.5 Å². The third-order valence-electron chi connectivity index (χ3n) is 3.98. The molecule has 0 aliphatic carbocycles. The van der Waals surface area contributed by atoms with Crippen LogP contribution in [0.25, 0.3) is 0 Å². The molecule has 1 aromatic carbocycles. The first-order valence-electron chi connectivity index (χ1n) is 7.75. The van der Waals surface area contributed by atoms with E-state index in [1.54, 1.807) is 11.3 Å². The lowest BCUT2D eigenvalue weighted by Gasteiger charge is -2.17. The summed E-state index contributed by atoms with van der Waals surface area (Å²) in [5.41, 5.74) is 4.41. The summed E-state index contributed by atoms with van der Waals surface area (Å²) in [5.74, 6) is -0.130. The maximum absolute atomic E-state index is 12.4. The highest BCUT2D eigenvalue weighted by molar-refractivity contribution is 7.15. The fourth-order valence-electron chi connectivity index (χ4n) is 2.73. The summed E-state index contributed by atoms with van der Waals surface area (Å²) in [4.78, 5) is 12.4. The first-order chi connectivity index (χ1) is 11.8. The van der Waals surface area contributed by atoms with Crippen LogP contribution >= 0.6 is 22.7 Å². The van der Waals surface area contributed by atoms with Gasteiger partial charge in [-0.05, 0) is 58.6 Å². The van der Waals surface area contributed by atoms with Gasteiger partial charge in [-0.1, -0.05) is 17.4 Å². The molecule has 7 heteroatoms. The van der Waals surface area contributed by atoms with Gasteiger partial charge in [-0.3, -0.25) is 10.1 Å². The van der Waals surface area contributed by atoms with Crippen molar-refractivity contribution in [2.45, 2.75) is 19.4 Å². The van der Waals surface area contributed by atoms with E-state index < -0.39 is 0 Å². The van der Waals surface area contributed by atoms with Crippen LogP contribution in [0.2, 0.25) is 0 Å². The highest BCUT2D eigenvalue weighted by Gasteiger charge is 2.14. The quantitative estimate of drug-likeness (QED) is 0.754. The van der Waals surface area contributed by atoms with Crippen molar-refractivity contribution in [2.24, 2.45) is 0 Å². The molecule has 0 radical (unpaired) electrons. The molecule has 24 heavy (non-hydrogen) atoms. The van der Waals surface area contributed by atoms with Crippen LogP contribution < -0.4 is 10.6 Å². The molecule has 3 heterocycles. The van der Waals surface area contributed by atoms with Crippen LogP contribution in [0.1, 0.15) is 32.1 Å².